The van der Waals surface area contributed by atoms with Crippen molar-refractivity contribution in [1.29, 1.82) is 0 Å². The van der Waals surface area contributed by atoms with Crippen molar-refractivity contribution >= 4 is 17.2 Å². The molecule has 2 atom stereocenters. The first-order valence-corrected chi connectivity index (χ1v) is 11.4. The second-order valence-electron chi connectivity index (χ2n) is 8.58. The molecular weight excluding hydrogens is 386 g/mol. The van der Waals surface area contributed by atoms with Crippen LogP contribution in [0.5, 0.6) is 0 Å². The van der Waals surface area contributed by atoms with Gasteiger partial charge >= 0.3 is 0 Å². The van der Waals surface area contributed by atoms with E-state index >= 15 is 0 Å². The summed E-state index contributed by atoms with van der Waals surface area (Å²) in [6, 6.07) is 0.402. The number of hydrogen-bond donors (Lipinski definition) is 1. The minimum Gasteiger partial charge on any atom is -0.370 e. The first-order valence-electron chi connectivity index (χ1n) is 10.6. The molecule has 1 aliphatic carbocycles. The molecule has 8 heteroatoms. The molecule has 0 unspecified atom stereocenters. The van der Waals surface area contributed by atoms with E-state index in [-0.39, 0.29) is 17.6 Å². The Morgan fingerprint density at radius 3 is 3.03 bits per heavy atom. The summed E-state index contributed by atoms with van der Waals surface area (Å²) in [5, 5.41) is 7.76. The van der Waals surface area contributed by atoms with Crippen LogP contribution in [0.1, 0.15) is 66.5 Å². The van der Waals surface area contributed by atoms with Gasteiger partial charge in [0.25, 0.3) is 5.91 Å². The number of carbonyl (C=O) groups excluding carboxylic acids is 1. The Morgan fingerprint density at radius 2 is 2.31 bits per heavy atom. The van der Waals surface area contributed by atoms with Gasteiger partial charge in [-0.2, -0.15) is 5.10 Å². The summed E-state index contributed by atoms with van der Waals surface area (Å²) in [6.45, 7) is 9.48. The molecule has 1 aliphatic heterocycles. The maximum atomic E-state index is 12.8. The van der Waals surface area contributed by atoms with Gasteiger partial charge in [-0.3, -0.25) is 14.4 Å². The second kappa shape index (κ2) is 8.53. The van der Waals surface area contributed by atoms with Crippen LogP contribution in [0.15, 0.2) is 17.9 Å². The highest BCUT2D eigenvalue weighted by molar-refractivity contribution is 7.11. The number of thiazole rings is 1. The Labute approximate surface area is 176 Å². The van der Waals surface area contributed by atoms with E-state index in [9.17, 15) is 4.79 Å². The highest BCUT2D eigenvalue weighted by Gasteiger charge is 2.46. The standard InChI is InChI=1S/C21H31N5O2S/c1-15(2)26-12-17(10-23-26)11-25-8-9-28-21(13-25)7-5-4-6-18(21)24-20(27)19-16(3)22-14-29-19/h10,12,14-15,18H,4-9,11,13H2,1-3H3,(H,24,27)/t18-,21-/m0/s1. The van der Waals surface area contributed by atoms with Gasteiger partial charge in [-0.15, -0.1) is 11.3 Å². The third-order valence-electron chi connectivity index (χ3n) is 6.11. The number of amides is 1. The molecule has 1 saturated heterocycles. The Hall–Kier alpha value is -1.77. The van der Waals surface area contributed by atoms with Crippen molar-refractivity contribution in [2.45, 2.75) is 70.7 Å². The maximum absolute atomic E-state index is 12.8. The van der Waals surface area contributed by atoms with Crippen molar-refractivity contribution < 1.29 is 9.53 Å². The number of nitrogens with zero attached hydrogens (tertiary/aromatic N) is 4. The SMILES string of the molecule is Cc1ncsc1C(=O)N[C@H]1CCCC[C@]12CN(Cc1cnn(C(C)C)c1)CCO2. The number of nitrogens with one attached hydrogen (secondary N) is 1. The second-order valence-corrected chi connectivity index (χ2v) is 9.44. The van der Waals surface area contributed by atoms with E-state index < -0.39 is 0 Å². The fourth-order valence-corrected chi connectivity index (χ4v) is 5.24. The molecule has 29 heavy (non-hydrogen) atoms. The number of hydrogen-bond acceptors (Lipinski definition) is 6. The molecule has 2 fully saturated rings. The molecule has 1 saturated carbocycles. The molecule has 0 radical (unpaired) electrons. The van der Waals surface area contributed by atoms with Gasteiger partial charge in [0.15, 0.2) is 0 Å². The molecular formula is C21H31N5O2S. The number of rotatable bonds is 5. The van der Waals surface area contributed by atoms with Crippen LogP contribution in [0.25, 0.3) is 0 Å². The summed E-state index contributed by atoms with van der Waals surface area (Å²) in [6.07, 6.45) is 8.32. The number of carbonyl (C=O) groups is 1. The minimum absolute atomic E-state index is 0.0183. The van der Waals surface area contributed by atoms with Crippen molar-refractivity contribution in [1.82, 2.24) is 25.0 Å². The molecule has 1 amide bonds. The summed E-state index contributed by atoms with van der Waals surface area (Å²) in [5.41, 5.74) is 3.45. The molecule has 0 bridgehead atoms. The normalized spacial score (nSPS) is 25.6. The summed E-state index contributed by atoms with van der Waals surface area (Å²) in [4.78, 5) is 20.2. The quantitative estimate of drug-likeness (QED) is 0.809. The number of ether oxygens (including phenoxy) is 1. The van der Waals surface area contributed by atoms with E-state index in [0.717, 1.165) is 51.0 Å². The smallest absolute Gasteiger partial charge is 0.263 e. The van der Waals surface area contributed by atoms with E-state index in [2.05, 4.69) is 40.3 Å². The maximum Gasteiger partial charge on any atom is 0.263 e. The van der Waals surface area contributed by atoms with Gasteiger partial charge in [0.2, 0.25) is 0 Å². The lowest BCUT2D eigenvalue weighted by atomic mass is 9.78. The fourth-order valence-electron chi connectivity index (χ4n) is 4.54. The number of aromatic nitrogens is 3. The molecule has 3 heterocycles. The zero-order valence-electron chi connectivity index (χ0n) is 17.6. The van der Waals surface area contributed by atoms with Gasteiger partial charge in [0.05, 0.1) is 30.1 Å². The molecule has 7 nitrogen and oxygen atoms in total. The highest BCUT2D eigenvalue weighted by Crippen LogP contribution is 2.35. The van der Waals surface area contributed by atoms with E-state index in [0.29, 0.717) is 17.5 Å². The van der Waals surface area contributed by atoms with Crippen molar-refractivity contribution in [2.75, 3.05) is 19.7 Å². The third-order valence-corrected chi connectivity index (χ3v) is 7.04. The lowest BCUT2D eigenvalue weighted by molar-refractivity contribution is -0.143. The molecule has 1 N–H and O–H groups in total. The van der Waals surface area contributed by atoms with E-state index in [1.165, 1.54) is 16.9 Å². The zero-order valence-corrected chi connectivity index (χ0v) is 18.4. The van der Waals surface area contributed by atoms with Gasteiger partial charge in [0, 0.05) is 37.4 Å². The summed E-state index contributed by atoms with van der Waals surface area (Å²) in [7, 11) is 0. The van der Waals surface area contributed by atoms with E-state index in [1.54, 1.807) is 5.51 Å². The summed E-state index contributed by atoms with van der Waals surface area (Å²) < 4.78 is 8.40. The van der Waals surface area contributed by atoms with Gasteiger partial charge in [-0.25, -0.2) is 4.98 Å². The van der Waals surface area contributed by atoms with Crippen molar-refractivity contribution in [3.63, 3.8) is 0 Å². The Bertz CT molecular complexity index is 844. The predicted molar refractivity (Wildman–Crippen MR) is 113 cm³/mol. The van der Waals surface area contributed by atoms with Crippen LogP contribution in [0, 0.1) is 6.92 Å². The molecule has 2 aromatic heterocycles. The summed E-state index contributed by atoms with van der Waals surface area (Å²) >= 11 is 1.40. The van der Waals surface area contributed by atoms with E-state index in [4.69, 9.17) is 4.74 Å². The predicted octanol–water partition coefficient (Wildman–Crippen LogP) is 3.17. The van der Waals surface area contributed by atoms with Gasteiger partial charge < -0.3 is 10.1 Å². The molecule has 0 aromatic carbocycles. The highest BCUT2D eigenvalue weighted by atomic mass is 32.1. The molecule has 4 rings (SSSR count). The van der Waals surface area contributed by atoms with Crippen molar-refractivity contribution in [3.05, 3.63) is 34.0 Å². The molecule has 158 valence electrons. The van der Waals surface area contributed by atoms with Gasteiger partial charge in [0.1, 0.15) is 10.5 Å². The summed E-state index contributed by atoms with van der Waals surface area (Å²) in [5.74, 6) is -0.0183. The molecule has 1 spiro atoms. The average Bonchev–Trinajstić information content (AvgIpc) is 3.33. The van der Waals surface area contributed by atoms with Crippen LogP contribution in [-0.2, 0) is 11.3 Å². The fraction of sp³-hybridized carbons (Fsp3) is 0.667. The van der Waals surface area contributed by atoms with E-state index in [1.807, 2.05) is 17.8 Å². The lowest BCUT2D eigenvalue weighted by Gasteiger charge is -2.49. The van der Waals surface area contributed by atoms with Crippen molar-refractivity contribution in [3.8, 4) is 0 Å². The number of aryl methyl sites for hydroxylation is 1. The Kier molecular flexibility index (Phi) is 6.03. The van der Waals surface area contributed by atoms with Crippen LogP contribution < -0.4 is 5.32 Å². The largest absolute Gasteiger partial charge is 0.370 e. The van der Waals surface area contributed by atoms with Crippen LogP contribution in [0.3, 0.4) is 0 Å². The topological polar surface area (TPSA) is 72.3 Å². The minimum atomic E-state index is -0.307. The average molecular weight is 418 g/mol. The first kappa shape index (κ1) is 20.5. The zero-order chi connectivity index (χ0) is 20.4. The van der Waals surface area contributed by atoms with Gasteiger partial charge in [-0.1, -0.05) is 12.8 Å². The van der Waals surface area contributed by atoms with Crippen molar-refractivity contribution in [2.24, 2.45) is 0 Å². The number of morpholine rings is 1. The van der Waals surface area contributed by atoms with Crippen LogP contribution in [0.4, 0.5) is 0 Å². The first-order chi connectivity index (χ1) is 14.0. The Balaban J connectivity index is 1.46. The lowest BCUT2D eigenvalue weighted by Crippen LogP contribution is -2.63. The third kappa shape index (κ3) is 4.39. The van der Waals surface area contributed by atoms with Crippen LogP contribution in [0.2, 0.25) is 0 Å². The molecule has 2 aliphatic rings. The molecule has 2 aromatic rings. The Morgan fingerprint density at radius 1 is 1.45 bits per heavy atom. The van der Waals surface area contributed by atoms with Crippen LogP contribution in [-0.4, -0.2) is 56.9 Å². The monoisotopic (exact) mass is 417 g/mol. The van der Waals surface area contributed by atoms with Gasteiger partial charge in [-0.05, 0) is 33.6 Å². The van der Waals surface area contributed by atoms with Crippen LogP contribution >= 0.6 is 11.3 Å².